The van der Waals surface area contributed by atoms with E-state index in [9.17, 15) is 4.57 Å². The van der Waals surface area contributed by atoms with Gasteiger partial charge in [-0.3, -0.25) is 0 Å². The van der Waals surface area contributed by atoms with Crippen molar-refractivity contribution < 1.29 is 14.0 Å². The second-order valence-corrected chi connectivity index (χ2v) is 7.12. The summed E-state index contributed by atoms with van der Waals surface area (Å²) in [6.45, 7) is 1.75. The number of ether oxygens (including phenoxy) is 2. The standard InChI is InChI=1S/C15H17O3P/c1-17-13-10-7-11-14(15(13)18-2)19(3,16)12-8-5-4-6-9-12/h4-11H,1-3H3/t19-/m1/s1. The lowest BCUT2D eigenvalue weighted by atomic mass is 10.3. The molecule has 0 saturated carbocycles. The molecule has 1 atom stereocenters. The number of hydrogen-bond acceptors (Lipinski definition) is 3. The summed E-state index contributed by atoms with van der Waals surface area (Å²) in [4.78, 5) is 0. The van der Waals surface area contributed by atoms with Crippen molar-refractivity contribution >= 4 is 17.8 Å². The van der Waals surface area contributed by atoms with Gasteiger partial charge in [-0.1, -0.05) is 36.4 Å². The van der Waals surface area contributed by atoms with Crippen molar-refractivity contribution in [2.24, 2.45) is 0 Å². The molecule has 2 aromatic rings. The van der Waals surface area contributed by atoms with Gasteiger partial charge < -0.3 is 14.0 Å². The molecule has 0 aromatic heterocycles. The fraction of sp³-hybridized carbons (Fsp3) is 0.200. The molecule has 19 heavy (non-hydrogen) atoms. The van der Waals surface area contributed by atoms with Crippen LogP contribution < -0.4 is 20.1 Å². The van der Waals surface area contributed by atoms with Gasteiger partial charge in [0.05, 0.1) is 19.5 Å². The second kappa shape index (κ2) is 5.50. The Morgan fingerprint density at radius 1 is 0.895 bits per heavy atom. The van der Waals surface area contributed by atoms with Gasteiger partial charge in [-0.2, -0.15) is 0 Å². The van der Waals surface area contributed by atoms with Gasteiger partial charge in [-0.25, -0.2) is 0 Å². The van der Waals surface area contributed by atoms with Crippen molar-refractivity contribution in [2.75, 3.05) is 20.9 Å². The predicted molar refractivity (Wildman–Crippen MR) is 78.8 cm³/mol. The molecule has 3 nitrogen and oxygen atoms in total. The first-order chi connectivity index (χ1) is 9.11. The van der Waals surface area contributed by atoms with Crippen LogP contribution in [0.2, 0.25) is 0 Å². The molecule has 0 aliphatic carbocycles. The summed E-state index contributed by atoms with van der Waals surface area (Å²) in [5.74, 6) is 1.14. The van der Waals surface area contributed by atoms with Crippen LogP contribution in [0.4, 0.5) is 0 Å². The first kappa shape index (κ1) is 13.7. The third-order valence-corrected chi connectivity index (χ3v) is 5.65. The minimum absolute atomic E-state index is 0.541. The maximum atomic E-state index is 13.1. The highest BCUT2D eigenvalue weighted by atomic mass is 31.2. The first-order valence-corrected chi connectivity index (χ1v) is 8.11. The van der Waals surface area contributed by atoms with Gasteiger partial charge >= 0.3 is 0 Å². The summed E-state index contributed by atoms with van der Waals surface area (Å²) < 4.78 is 23.8. The zero-order chi connectivity index (χ0) is 13.9. The number of rotatable bonds is 4. The van der Waals surface area contributed by atoms with Crippen LogP contribution in [0.1, 0.15) is 0 Å². The molecule has 0 aliphatic rings. The monoisotopic (exact) mass is 276 g/mol. The van der Waals surface area contributed by atoms with Gasteiger partial charge in [-0.15, -0.1) is 0 Å². The quantitative estimate of drug-likeness (QED) is 0.805. The molecule has 0 fully saturated rings. The third-order valence-electron chi connectivity index (χ3n) is 3.09. The average Bonchev–Trinajstić information content (AvgIpc) is 2.47. The van der Waals surface area contributed by atoms with Gasteiger partial charge in [0.25, 0.3) is 0 Å². The Labute approximate surface area is 113 Å². The zero-order valence-electron chi connectivity index (χ0n) is 11.3. The third kappa shape index (κ3) is 2.52. The Morgan fingerprint density at radius 3 is 2.16 bits per heavy atom. The van der Waals surface area contributed by atoms with E-state index in [1.807, 2.05) is 42.5 Å². The molecule has 0 N–H and O–H groups in total. The Kier molecular flexibility index (Phi) is 3.96. The van der Waals surface area contributed by atoms with Crippen LogP contribution in [0, 0.1) is 0 Å². The number of hydrogen-bond donors (Lipinski definition) is 0. The van der Waals surface area contributed by atoms with Gasteiger partial charge in [0.1, 0.15) is 7.14 Å². The highest BCUT2D eigenvalue weighted by Crippen LogP contribution is 2.44. The summed E-state index contributed by atoms with van der Waals surface area (Å²) in [7, 11) is 0.439. The summed E-state index contributed by atoms with van der Waals surface area (Å²) in [6.07, 6.45) is 0. The molecule has 0 saturated heterocycles. The van der Waals surface area contributed by atoms with Crippen LogP contribution in [0.5, 0.6) is 11.5 Å². The molecule has 0 heterocycles. The van der Waals surface area contributed by atoms with Crippen molar-refractivity contribution in [2.45, 2.75) is 0 Å². The van der Waals surface area contributed by atoms with E-state index in [4.69, 9.17) is 9.47 Å². The molecular weight excluding hydrogens is 259 g/mol. The van der Waals surface area contributed by atoms with E-state index in [-0.39, 0.29) is 0 Å². The SMILES string of the molecule is COc1cccc([P@](C)(=O)c2ccccc2)c1OC. The topological polar surface area (TPSA) is 35.5 Å². The second-order valence-electron chi connectivity index (χ2n) is 4.27. The molecular formula is C15H17O3P. The average molecular weight is 276 g/mol. The van der Waals surface area contributed by atoms with Crippen LogP contribution >= 0.6 is 7.14 Å². The Balaban J connectivity index is 2.61. The Bertz CT molecular complexity index is 608. The highest BCUT2D eigenvalue weighted by Gasteiger charge is 2.26. The largest absolute Gasteiger partial charge is 0.493 e. The minimum atomic E-state index is -2.70. The van der Waals surface area contributed by atoms with E-state index in [2.05, 4.69) is 0 Å². The zero-order valence-corrected chi connectivity index (χ0v) is 12.2. The molecule has 4 heteroatoms. The van der Waals surface area contributed by atoms with Crippen molar-refractivity contribution in [3.8, 4) is 11.5 Å². The van der Waals surface area contributed by atoms with Crippen molar-refractivity contribution in [3.63, 3.8) is 0 Å². The molecule has 2 rings (SSSR count). The number of para-hydroxylation sites is 1. The van der Waals surface area contributed by atoms with Gasteiger partial charge in [0, 0.05) is 5.30 Å². The van der Waals surface area contributed by atoms with E-state index >= 15 is 0 Å². The smallest absolute Gasteiger partial charge is 0.171 e. The van der Waals surface area contributed by atoms with Crippen LogP contribution in [0.15, 0.2) is 48.5 Å². The maximum absolute atomic E-state index is 13.1. The lowest BCUT2D eigenvalue weighted by molar-refractivity contribution is 0.357. The van der Waals surface area contributed by atoms with Crippen molar-refractivity contribution in [1.82, 2.24) is 0 Å². The van der Waals surface area contributed by atoms with E-state index in [1.54, 1.807) is 27.0 Å². The minimum Gasteiger partial charge on any atom is -0.493 e. The van der Waals surface area contributed by atoms with E-state index in [0.29, 0.717) is 16.8 Å². The summed E-state index contributed by atoms with van der Waals surface area (Å²) in [5, 5.41) is 1.49. The lowest BCUT2D eigenvalue weighted by Crippen LogP contribution is -2.17. The summed E-state index contributed by atoms with van der Waals surface area (Å²) in [5.41, 5.74) is 0. The summed E-state index contributed by atoms with van der Waals surface area (Å²) >= 11 is 0. The van der Waals surface area contributed by atoms with Gasteiger partial charge in [0.2, 0.25) is 0 Å². The highest BCUT2D eigenvalue weighted by molar-refractivity contribution is 7.78. The predicted octanol–water partition coefficient (Wildman–Crippen LogP) is 2.65. The molecule has 0 unspecified atom stereocenters. The lowest BCUT2D eigenvalue weighted by Gasteiger charge is -2.18. The van der Waals surface area contributed by atoms with E-state index in [0.717, 1.165) is 5.30 Å². The normalized spacial score (nSPS) is 13.6. The molecule has 2 aromatic carbocycles. The van der Waals surface area contributed by atoms with Crippen molar-refractivity contribution in [1.29, 1.82) is 0 Å². The first-order valence-electron chi connectivity index (χ1n) is 5.96. The Morgan fingerprint density at radius 2 is 1.58 bits per heavy atom. The molecule has 0 radical (unpaired) electrons. The van der Waals surface area contributed by atoms with E-state index in [1.165, 1.54) is 0 Å². The molecule has 0 amide bonds. The molecule has 0 bridgehead atoms. The van der Waals surface area contributed by atoms with Crippen LogP contribution in [0.3, 0.4) is 0 Å². The molecule has 0 aliphatic heterocycles. The fourth-order valence-electron chi connectivity index (χ4n) is 2.06. The van der Waals surface area contributed by atoms with Gasteiger partial charge in [0.15, 0.2) is 11.5 Å². The number of benzene rings is 2. The number of methoxy groups -OCH3 is 2. The van der Waals surface area contributed by atoms with Crippen LogP contribution in [-0.2, 0) is 4.57 Å². The summed E-state index contributed by atoms with van der Waals surface area (Å²) in [6, 6.07) is 14.9. The molecule has 100 valence electrons. The van der Waals surface area contributed by atoms with Gasteiger partial charge in [-0.05, 0) is 18.8 Å². The van der Waals surface area contributed by atoms with E-state index < -0.39 is 7.14 Å². The Hall–Kier alpha value is -1.73. The maximum Gasteiger partial charge on any atom is 0.171 e. The molecule has 0 spiro atoms. The van der Waals surface area contributed by atoms with Crippen LogP contribution in [-0.4, -0.2) is 20.9 Å². The van der Waals surface area contributed by atoms with Crippen molar-refractivity contribution in [3.05, 3.63) is 48.5 Å². The van der Waals surface area contributed by atoms with Crippen LogP contribution in [0.25, 0.3) is 0 Å². The fourth-order valence-corrected chi connectivity index (χ4v) is 4.04.